The molecule has 3 aliphatic rings. The minimum Gasteiger partial charge on any atom is -0.365 e. The molecule has 4 N–H and O–H groups in total. The molecule has 0 radical (unpaired) electrons. The number of piperidine rings is 1. The van der Waals surface area contributed by atoms with E-state index in [9.17, 15) is 8.42 Å². The molecule has 11 nitrogen and oxygen atoms in total. The molecule has 42 heavy (non-hydrogen) atoms. The third-order valence-corrected chi connectivity index (χ3v) is 10.6. The number of nitriles is 1. The lowest BCUT2D eigenvalue weighted by Crippen LogP contribution is -2.42. The van der Waals surface area contributed by atoms with Crippen LogP contribution in [-0.4, -0.2) is 63.5 Å². The van der Waals surface area contributed by atoms with Gasteiger partial charge in [-0.2, -0.15) is 19.5 Å². The normalized spacial score (nSPS) is 22.2. The molecule has 3 fully saturated rings. The zero-order valence-corrected chi connectivity index (χ0v) is 25.9. The van der Waals surface area contributed by atoms with E-state index in [1.807, 2.05) is 12.4 Å². The highest BCUT2D eigenvalue weighted by Gasteiger charge is 2.31. The maximum Gasteiger partial charge on any atom is 0.243 e. The number of rotatable bonds is 7. The summed E-state index contributed by atoms with van der Waals surface area (Å²) in [7, 11) is -3.62. The second-order valence-corrected chi connectivity index (χ2v) is 13.3. The van der Waals surface area contributed by atoms with Crippen LogP contribution in [0.5, 0.6) is 0 Å². The predicted molar refractivity (Wildman–Crippen MR) is 168 cm³/mol. The lowest BCUT2D eigenvalue weighted by atomic mass is 9.92. The molecule has 14 heteroatoms. The number of benzene rings is 1. The van der Waals surface area contributed by atoms with Crippen molar-refractivity contribution in [3.8, 4) is 6.07 Å². The van der Waals surface area contributed by atoms with Gasteiger partial charge in [-0.1, -0.05) is 12.8 Å². The number of nitrogens with two attached hydrogens (primary N) is 1. The number of fused-ring (bicyclic) bond motifs is 1. The van der Waals surface area contributed by atoms with Crippen molar-refractivity contribution in [2.75, 3.05) is 23.7 Å². The van der Waals surface area contributed by atoms with Gasteiger partial charge in [0.05, 0.1) is 22.9 Å². The van der Waals surface area contributed by atoms with Gasteiger partial charge in [0, 0.05) is 37.3 Å². The van der Waals surface area contributed by atoms with Crippen molar-refractivity contribution in [2.45, 2.75) is 93.3 Å². The van der Waals surface area contributed by atoms with Crippen LogP contribution in [-0.2, 0) is 10.0 Å². The fourth-order valence-electron chi connectivity index (χ4n) is 6.26. The van der Waals surface area contributed by atoms with Gasteiger partial charge in [0.25, 0.3) is 0 Å². The number of halogens is 2. The first-order valence-electron chi connectivity index (χ1n) is 14.4. The van der Waals surface area contributed by atoms with Gasteiger partial charge in [-0.25, -0.2) is 13.4 Å². The molecule has 0 atom stereocenters. The number of aromatic nitrogens is 4. The third-order valence-electron chi connectivity index (χ3n) is 8.66. The second kappa shape index (κ2) is 13.7. The maximum absolute atomic E-state index is 13.2. The number of sulfonamides is 1. The third kappa shape index (κ3) is 6.76. The van der Waals surface area contributed by atoms with Crippen molar-refractivity contribution in [1.82, 2.24) is 23.8 Å². The van der Waals surface area contributed by atoms with Gasteiger partial charge in [-0.15, -0.1) is 24.8 Å². The van der Waals surface area contributed by atoms with Crippen LogP contribution in [0.2, 0.25) is 0 Å². The smallest absolute Gasteiger partial charge is 0.243 e. The molecule has 1 saturated heterocycles. The first-order valence-corrected chi connectivity index (χ1v) is 15.9. The summed E-state index contributed by atoms with van der Waals surface area (Å²) >= 11 is 0. The summed E-state index contributed by atoms with van der Waals surface area (Å²) < 4.78 is 30.1. The molecule has 3 aromatic rings. The summed E-state index contributed by atoms with van der Waals surface area (Å²) in [6, 6.07) is 9.15. The molecular weight excluding hydrogens is 597 g/mol. The molecule has 1 aromatic carbocycles. The Hall–Kier alpha value is -2.69. The predicted octanol–water partition coefficient (Wildman–Crippen LogP) is 4.60. The fraction of sp³-hybridized carbons (Fsp3) is 0.571. The second-order valence-electron chi connectivity index (χ2n) is 11.4. The van der Waals surface area contributed by atoms with Crippen LogP contribution in [0.1, 0.15) is 75.8 Å². The molecule has 2 aromatic heterocycles. The molecule has 2 aliphatic carbocycles. The van der Waals surface area contributed by atoms with Crippen molar-refractivity contribution < 1.29 is 8.42 Å². The molecule has 0 unspecified atom stereocenters. The van der Waals surface area contributed by atoms with Gasteiger partial charge in [-0.3, -0.25) is 0 Å². The van der Waals surface area contributed by atoms with E-state index in [-0.39, 0.29) is 41.8 Å². The molecule has 0 spiro atoms. The molecule has 1 aliphatic heterocycles. The highest BCUT2D eigenvalue weighted by atomic mass is 35.5. The summed E-state index contributed by atoms with van der Waals surface area (Å²) in [6.07, 6.45) is 11.9. The Balaban J connectivity index is 0.00000202. The van der Waals surface area contributed by atoms with Crippen molar-refractivity contribution in [3.05, 3.63) is 36.2 Å². The van der Waals surface area contributed by atoms with Crippen LogP contribution in [0.4, 0.5) is 11.8 Å². The van der Waals surface area contributed by atoms with Crippen molar-refractivity contribution in [1.29, 1.82) is 5.26 Å². The minimum absolute atomic E-state index is 0. The van der Waals surface area contributed by atoms with Crippen LogP contribution in [0, 0.1) is 11.3 Å². The van der Waals surface area contributed by atoms with Crippen LogP contribution in [0.15, 0.2) is 35.5 Å². The van der Waals surface area contributed by atoms with Gasteiger partial charge in [0.2, 0.25) is 16.0 Å². The standard InChI is InChI=1S/C28H37N9O2S.2ClH/c29-17-19-5-11-24(12-6-19)40(38,39)36-15-13-22(14-16-36)32-26-25-27(37(18-31-25)23-3-1-2-4-23)35-28(34-26)33-21-9-7-20(30)8-10-21;;/h5-6,11-12,18,20-23H,1-4,7-10,13-16,30H2,(H2,32,33,34,35);2*1H. The van der Waals surface area contributed by atoms with Crippen LogP contribution in [0.25, 0.3) is 11.2 Å². The average molecular weight is 637 g/mol. The van der Waals surface area contributed by atoms with E-state index in [2.05, 4.69) is 15.2 Å². The number of hydrogen-bond donors (Lipinski definition) is 3. The summed E-state index contributed by atoms with van der Waals surface area (Å²) in [5.74, 6) is 1.31. The number of nitrogens with one attached hydrogen (secondary N) is 2. The Labute approximate surface area is 259 Å². The SMILES string of the molecule is Cl.Cl.N#Cc1ccc(S(=O)(=O)N2CCC(Nc3nc(NC4CCC(N)CC4)nc4c3ncn4C3CCCC3)CC2)cc1. The van der Waals surface area contributed by atoms with Crippen molar-refractivity contribution >= 4 is 57.8 Å². The van der Waals surface area contributed by atoms with Crippen molar-refractivity contribution in [2.24, 2.45) is 5.73 Å². The summed E-state index contributed by atoms with van der Waals surface area (Å²) in [5, 5.41) is 16.2. The average Bonchev–Trinajstić information content (AvgIpc) is 3.65. The number of anilines is 2. The molecule has 2 saturated carbocycles. The summed E-state index contributed by atoms with van der Waals surface area (Å²) in [6.45, 7) is 0.802. The number of hydrogen-bond acceptors (Lipinski definition) is 9. The van der Waals surface area contributed by atoms with Crippen LogP contribution in [0.3, 0.4) is 0 Å². The first kappa shape index (κ1) is 32.2. The van der Waals surface area contributed by atoms with Gasteiger partial charge in [0.15, 0.2) is 17.0 Å². The Kier molecular flexibility index (Phi) is 10.5. The number of imidazole rings is 1. The maximum atomic E-state index is 13.2. The summed E-state index contributed by atoms with van der Waals surface area (Å²) in [4.78, 5) is 14.8. The summed E-state index contributed by atoms with van der Waals surface area (Å²) in [5.41, 5.74) is 8.16. The van der Waals surface area contributed by atoms with Crippen molar-refractivity contribution in [3.63, 3.8) is 0 Å². The topological polar surface area (TPSA) is 155 Å². The van der Waals surface area contributed by atoms with Crippen LogP contribution < -0.4 is 16.4 Å². The van der Waals surface area contributed by atoms with E-state index < -0.39 is 10.0 Å². The van der Waals surface area contributed by atoms with E-state index in [0.717, 1.165) is 49.7 Å². The zero-order valence-electron chi connectivity index (χ0n) is 23.5. The Bertz CT molecular complexity index is 1490. The Morgan fingerprint density at radius 2 is 1.52 bits per heavy atom. The minimum atomic E-state index is -3.62. The molecule has 6 rings (SSSR count). The largest absolute Gasteiger partial charge is 0.365 e. The highest BCUT2D eigenvalue weighted by molar-refractivity contribution is 7.89. The number of nitrogens with zero attached hydrogens (tertiary/aromatic N) is 6. The lowest BCUT2D eigenvalue weighted by molar-refractivity contribution is 0.329. The molecule has 3 heterocycles. The van der Waals surface area contributed by atoms with E-state index in [1.165, 1.54) is 29.3 Å². The van der Waals surface area contributed by atoms with E-state index in [1.54, 1.807) is 12.1 Å². The van der Waals surface area contributed by atoms with E-state index in [4.69, 9.17) is 25.9 Å². The molecule has 0 amide bonds. The fourth-order valence-corrected chi connectivity index (χ4v) is 7.73. The van der Waals surface area contributed by atoms with Gasteiger partial charge >= 0.3 is 0 Å². The quantitative estimate of drug-likeness (QED) is 0.337. The van der Waals surface area contributed by atoms with Gasteiger partial charge < -0.3 is 20.9 Å². The molecule has 0 bridgehead atoms. The highest BCUT2D eigenvalue weighted by Crippen LogP contribution is 2.34. The van der Waals surface area contributed by atoms with Gasteiger partial charge in [-0.05, 0) is 75.6 Å². The Morgan fingerprint density at radius 1 is 0.881 bits per heavy atom. The van der Waals surface area contributed by atoms with Gasteiger partial charge in [0.1, 0.15) is 0 Å². The first-order chi connectivity index (χ1) is 19.4. The molecule has 228 valence electrons. The zero-order chi connectivity index (χ0) is 27.7. The van der Waals surface area contributed by atoms with E-state index in [0.29, 0.717) is 55.3 Å². The van der Waals surface area contributed by atoms with E-state index >= 15 is 0 Å². The van der Waals surface area contributed by atoms with Crippen LogP contribution >= 0.6 is 24.8 Å². The Morgan fingerprint density at radius 3 is 2.17 bits per heavy atom. The lowest BCUT2D eigenvalue weighted by Gasteiger charge is -2.32. The molecular formula is C28H39Cl2N9O2S. The monoisotopic (exact) mass is 635 g/mol.